The molecule has 0 aromatic heterocycles. The third-order valence-corrected chi connectivity index (χ3v) is 3.92. The Hall–Kier alpha value is -0.0800. The maximum atomic E-state index is 3.39. The van der Waals surface area contributed by atoms with Crippen LogP contribution in [0.2, 0.25) is 0 Å². The van der Waals surface area contributed by atoms with E-state index in [1.807, 2.05) is 0 Å². The van der Waals surface area contributed by atoms with Gasteiger partial charge < -0.3 is 10.2 Å². The summed E-state index contributed by atoms with van der Waals surface area (Å²) in [6.45, 7) is 3.98. The highest BCUT2D eigenvalue weighted by atomic mass is 15.2. The summed E-state index contributed by atoms with van der Waals surface area (Å²) in [5.74, 6) is 1.01. The Kier molecular flexibility index (Phi) is 3.82. The molecule has 0 radical (unpaired) electrons. The van der Waals surface area contributed by atoms with Gasteiger partial charge in [0.15, 0.2) is 0 Å². The van der Waals surface area contributed by atoms with Crippen LogP contribution in [-0.2, 0) is 0 Å². The number of likely N-dealkylation sites (tertiary alicyclic amines) is 1. The van der Waals surface area contributed by atoms with E-state index >= 15 is 0 Å². The highest BCUT2D eigenvalue weighted by molar-refractivity contribution is 4.81. The molecule has 0 aromatic carbocycles. The molecule has 82 valence electrons. The van der Waals surface area contributed by atoms with Crippen LogP contribution in [0.25, 0.3) is 0 Å². The minimum absolute atomic E-state index is 0.763. The average Bonchev–Trinajstić information content (AvgIpc) is 2.67. The van der Waals surface area contributed by atoms with Crippen molar-refractivity contribution in [2.24, 2.45) is 5.92 Å². The summed E-state index contributed by atoms with van der Waals surface area (Å²) in [5, 5.41) is 3.39. The largest absolute Gasteiger partial charge is 0.316 e. The van der Waals surface area contributed by atoms with Gasteiger partial charge in [0.2, 0.25) is 0 Å². The Morgan fingerprint density at radius 2 is 1.93 bits per heavy atom. The SMILES string of the molecule is CN[C@H]1CCN(CC2CCCCC2)C1. The molecular weight excluding hydrogens is 172 g/mol. The smallest absolute Gasteiger partial charge is 0.0204 e. The van der Waals surface area contributed by atoms with Crippen molar-refractivity contribution in [3.8, 4) is 0 Å². The average molecular weight is 196 g/mol. The first-order valence-electron chi connectivity index (χ1n) is 6.28. The molecule has 0 unspecified atom stereocenters. The first-order chi connectivity index (χ1) is 6.88. The zero-order valence-corrected chi connectivity index (χ0v) is 9.47. The summed E-state index contributed by atoms with van der Waals surface area (Å²) >= 11 is 0. The van der Waals surface area contributed by atoms with Crippen molar-refractivity contribution < 1.29 is 0 Å². The van der Waals surface area contributed by atoms with Crippen LogP contribution in [0.4, 0.5) is 0 Å². The van der Waals surface area contributed by atoms with Crippen LogP contribution >= 0.6 is 0 Å². The third-order valence-electron chi connectivity index (χ3n) is 3.92. The highest BCUT2D eigenvalue weighted by Gasteiger charge is 2.24. The lowest BCUT2D eigenvalue weighted by Crippen LogP contribution is -2.33. The predicted molar refractivity (Wildman–Crippen MR) is 60.5 cm³/mol. The second kappa shape index (κ2) is 5.13. The van der Waals surface area contributed by atoms with Crippen molar-refractivity contribution in [2.45, 2.75) is 44.6 Å². The van der Waals surface area contributed by atoms with Crippen LogP contribution in [-0.4, -0.2) is 37.6 Å². The number of hydrogen-bond acceptors (Lipinski definition) is 2. The van der Waals surface area contributed by atoms with Crippen LogP contribution in [0.3, 0.4) is 0 Å². The molecule has 2 nitrogen and oxygen atoms in total. The topological polar surface area (TPSA) is 15.3 Å². The molecule has 0 aromatic rings. The molecule has 2 heteroatoms. The van der Waals surface area contributed by atoms with Gasteiger partial charge in [0, 0.05) is 19.1 Å². The first-order valence-corrected chi connectivity index (χ1v) is 6.28. The molecule has 1 N–H and O–H groups in total. The Bertz CT molecular complexity index is 164. The summed E-state index contributed by atoms with van der Waals surface area (Å²) in [5.41, 5.74) is 0. The van der Waals surface area contributed by atoms with Crippen molar-refractivity contribution in [3.63, 3.8) is 0 Å². The van der Waals surface area contributed by atoms with Crippen molar-refractivity contribution in [1.82, 2.24) is 10.2 Å². The van der Waals surface area contributed by atoms with Gasteiger partial charge in [-0.25, -0.2) is 0 Å². The number of nitrogens with zero attached hydrogens (tertiary/aromatic N) is 1. The lowest BCUT2D eigenvalue weighted by molar-refractivity contribution is 0.230. The van der Waals surface area contributed by atoms with E-state index in [1.165, 1.54) is 58.2 Å². The normalized spacial score (nSPS) is 31.1. The van der Waals surface area contributed by atoms with E-state index < -0.39 is 0 Å². The lowest BCUT2D eigenvalue weighted by Gasteiger charge is -2.26. The van der Waals surface area contributed by atoms with Gasteiger partial charge in [-0.3, -0.25) is 0 Å². The Balaban J connectivity index is 1.69. The monoisotopic (exact) mass is 196 g/mol. The maximum Gasteiger partial charge on any atom is 0.0204 e. The van der Waals surface area contributed by atoms with Gasteiger partial charge in [0.25, 0.3) is 0 Å². The zero-order valence-electron chi connectivity index (χ0n) is 9.47. The number of hydrogen-bond donors (Lipinski definition) is 1. The van der Waals surface area contributed by atoms with E-state index in [-0.39, 0.29) is 0 Å². The van der Waals surface area contributed by atoms with Gasteiger partial charge in [0.1, 0.15) is 0 Å². The van der Waals surface area contributed by atoms with E-state index in [0.717, 1.165) is 12.0 Å². The fraction of sp³-hybridized carbons (Fsp3) is 1.00. The molecular formula is C12H24N2. The Morgan fingerprint density at radius 1 is 1.14 bits per heavy atom. The van der Waals surface area contributed by atoms with E-state index in [9.17, 15) is 0 Å². The summed E-state index contributed by atoms with van der Waals surface area (Å²) in [7, 11) is 2.09. The fourth-order valence-electron chi connectivity index (χ4n) is 2.97. The van der Waals surface area contributed by atoms with Crippen LogP contribution in [0.15, 0.2) is 0 Å². The highest BCUT2D eigenvalue weighted by Crippen LogP contribution is 2.25. The molecule has 1 saturated heterocycles. The Labute approximate surface area is 88.1 Å². The molecule has 1 aliphatic carbocycles. The molecule has 1 aliphatic heterocycles. The molecule has 0 spiro atoms. The molecule has 2 fully saturated rings. The zero-order chi connectivity index (χ0) is 9.80. The summed E-state index contributed by atoms with van der Waals surface area (Å²) in [4.78, 5) is 2.66. The summed E-state index contributed by atoms with van der Waals surface area (Å²) < 4.78 is 0. The van der Waals surface area contributed by atoms with Crippen molar-refractivity contribution >= 4 is 0 Å². The van der Waals surface area contributed by atoms with Crippen LogP contribution in [0, 0.1) is 5.92 Å². The second-order valence-electron chi connectivity index (χ2n) is 5.04. The van der Waals surface area contributed by atoms with Crippen LogP contribution in [0.5, 0.6) is 0 Å². The summed E-state index contributed by atoms with van der Waals surface area (Å²) in [6.07, 6.45) is 8.77. The number of nitrogens with one attached hydrogen (secondary N) is 1. The molecule has 0 bridgehead atoms. The van der Waals surface area contributed by atoms with Gasteiger partial charge in [-0.15, -0.1) is 0 Å². The van der Waals surface area contributed by atoms with Crippen LogP contribution < -0.4 is 5.32 Å². The van der Waals surface area contributed by atoms with Crippen molar-refractivity contribution in [3.05, 3.63) is 0 Å². The van der Waals surface area contributed by atoms with Gasteiger partial charge in [0.05, 0.1) is 0 Å². The minimum Gasteiger partial charge on any atom is -0.316 e. The van der Waals surface area contributed by atoms with E-state index in [4.69, 9.17) is 0 Å². The standard InChI is InChI=1S/C12H24N2/c1-13-12-7-8-14(10-12)9-11-5-3-2-4-6-11/h11-13H,2-10H2,1H3/t12-/m0/s1. The van der Waals surface area contributed by atoms with Gasteiger partial charge >= 0.3 is 0 Å². The molecule has 14 heavy (non-hydrogen) atoms. The van der Waals surface area contributed by atoms with E-state index in [1.54, 1.807) is 0 Å². The molecule has 1 heterocycles. The third kappa shape index (κ3) is 2.71. The van der Waals surface area contributed by atoms with E-state index in [2.05, 4.69) is 17.3 Å². The van der Waals surface area contributed by atoms with Gasteiger partial charge in [-0.1, -0.05) is 19.3 Å². The molecule has 1 saturated carbocycles. The molecule has 0 amide bonds. The maximum absolute atomic E-state index is 3.39. The fourth-order valence-corrected chi connectivity index (χ4v) is 2.97. The number of rotatable bonds is 3. The van der Waals surface area contributed by atoms with Crippen LogP contribution in [0.1, 0.15) is 38.5 Å². The molecule has 2 rings (SSSR count). The quantitative estimate of drug-likeness (QED) is 0.741. The van der Waals surface area contributed by atoms with Crippen molar-refractivity contribution in [2.75, 3.05) is 26.7 Å². The molecule has 2 aliphatic rings. The summed E-state index contributed by atoms with van der Waals surface area (Å²) in [6, 6.07) is 0.763. The second-order valence-corrected chi connectivity index (χ2v) is 5.04. The first kappa shape index (κ1) is 10.4. The van der Waals surface area contributed by atoms with Gasteiger partial charge in [-0.2, -0.15) is 0 Å². The van der Waals surface area contributed by atoms with Gasteiger partial charge in [-0.05, 0) is 38.8 Å². The Morgan fingerprint density at radius 3 is 2.57 bits per heavy atom. The molecule has 1 atom stereocenters. The minimum atomic E-state index is 0.763. The van der Waals surface area contributed by atoms with Crippen molar-refractivity contribution in [1.29, 1.82) is 0 Å². The van der Waals surface area contributed by atoms with E-state index in [0.29, 0.717) is 0 Å². The number of likely N-dealkylation sites (N-methyl/N-ethyl adjacent to an activating group) is 1. The predicted octanol–water partition coefficient (Wildman–Crippen LogP) is 1.86. The lowest BCUT2D eigenvalue weighted by atomic mass is 9.89.